The second kappa shape index (κ2) is 6.22. The second-order valence-electron chi connectivity index (χ2n) is 4.11. The molecule has 0 saturated heterocycles. The predicted molar refractivity (Wildman–Crippen MR) is 73.1 cm³/mol. The van der Waals surface area contributed by atoms with E-state index in [1.807, 2.05) is 0 Å². The van der Waals surface area contributed by atoms with E-state index < -0.39 is 21.8 Å². The Bertz CT molecular complexity index is 579. The average Bonchev–Trinajstić information content (AvgIpc) is 2.73. The summed E-state index contributed by atoms with van der Waals surface area (Å²) in [5.74, 6) is -0.871. The molecule has 0 saturated carbocycles. The molecule has 7 nitrogen and oxygen atoms in total. The number of nitrogens with one attached hydrogen (secondary N) is 1. The summed E-state index contributed by atoms with van der Waals surface area (Å²) in [6.45, 7) is 1.37. The van der Waals surface area contributed by atoms with Crippen LogP contribution < -0.4 is 11.1 Å². The molecule has 1 atom stereocenters. The SMILES string of the molecule is CC(=O)c1csc(NC(=O)C(N)CCS(C)(=O)=O)n1. The fourth-order valence-corrected chi connectivity index (χ4v) is 2.60. The smallest absolute Gasteiger partial charge is 0.243 e. The maximum Gasteiger partial charge on any atom is 0.243 e. The van der Waals surface area contributed by atoms with Crippen molar-refractivity contribution >= 4 is 38.0 Å². The lowest BCUT2D eigenvalue weighted by atomic mass is 10.2. The first-order chi connectivity index (χ1) is 8.69. The molecule has 0 fully saturated rings. The Kier molecular flexibility index (Phi) is 5.15. The molecule has 1 rings (SSSR count). The second-order valence-corrected chi connectivity index (χ2v) is 7.23. The number of ketones is 1. The standard InChI is InChI=1S/C10H15N3O4S2/c1-6(14)8-5-18-10(12-8)13-9(15)7(11)3-4-19(2,16)17/h5,7H,3-4,11H2,1-2H3,(H,12,13,15). The minimum absolute atomic E-state index is 0.0373. The first kappa shape index (κ1) is 15.7. The van der Waals surface area contributed by atoms with Gasteiger partial charge in [-0.2, -0.15) is 0 Å². The van der Waals surface area contributed by atoms with Crippen LogP contribution >= 0.6 is 11.3 Å². The zero-order chi connectivity index (χ0) is 14.6. The summed E-state index contributed by atoms with van der Waals surface area (Å²) >= 11 is 1.11. The number of anilines is 1. The van der Waals surface area contributed by atoms with Gasteiger partial charge < -0.3 is 11.1 Å². The molecule has 1 aromatic heterocycles. The number of nitrogens with zero attached hydrogens (tertiary/aromatic N) is 1. The number of hydrogen-bond donors (Lipinski definition) is 2. The minimum Gasteiger partial charge on any atom is -0.320 e. The third kappa shape index (κ3) is 5.45. The van der Waals surface area contributed by atoms with Gasteiger partial charge >= 0.3 is 0 Å². The van der Waals surface area contributed by atoms with E-state index in [2.05, 4.69) is 10.3 Å². The number of carbonyl (C=O) groups is 2. The van der Waals surface area contributed by atoms with E-state index in [9.17, 15) is 18.0 Å². The number of thiazole rings is 1. The summed E-state index contributed by atoms with van der Waals surface area (Å²) in [4.78, 5) is 26.6. The molecule has 0 radical (unpaired) electrons. The number of rotatable bonds is 6. The minimum atomic E-state index is -3.15. The average molecular weight is 305 g/mol. The highest BCUT2D eigenvalue weighted by Crippen LogP contribution is 2.16. The van der Waals surface area contributed by atoms with Crippen LogP contribution in [0.15, 0.2) is 5.38 Å². The lowest BCUT2D eigenvalue weighted by Gasteiger charge is -2.09. The summed E-state index contributed by atoms with van der Waals surface area (Å²) in [6.07, 6.45) is 1.12. The molecule has 0 spiro atoms. The Morgan fingerprint density at radius 1 is 1.53 bits per heavy atom. The number of amides is 1. The van der Waals surface area contributed by atoms with E-state index in [0.29, 0.717) is 0 Å². The van der Waals surface area contributed by atoms with Crippen molar-refractivity contribution in [2.24, 2.45) is 5.73 Å². The van der Waals surface area contributed by atoms with Gasteiger partial charge in [0.2, 0.25) is 5.91 Å². The van der Waals surface area contributed by atoms with Gasteiger partial charge in [-0.05, 0) is 6.42 Å². The van der Waals surface area contributed by atoms with Crippen molar-refractivity contribution in [3.05, 3.63) is 11.1 Å². The summed E-state index contributed by atoms with van der Waals surface area (Å²) < 4.78 is 21.9. The third-order valence-electron chi connectivity index (χ3n) is 2.23. The van der Waals surface area contributed by atoms with Gasteiger partial charge in [0.05, 0.1) is 11.8 Å². The molecule has 1 amide bonds. The van der Waals surface area contributed by atoms with E-state index in [1.54, 1.807) is 0 Å². The Morgan fingerprint density at radius 3 is 2.63 bits per heavy atom. The molecular formula is C10H15N3O4S2. The van der Waals surface area contributed by atoms with E-state index >= 15 is 0 Å². The van der Waals surface area contributed by atoms with Crippen molar-refractivity contribution < 1.29 is 18.0 Å². The van der Waals surface area contributed by atoms with Crippen LogP contribution in [-0.4, -0.2) is 43.1 Å². The topological polar surface area (TPSA) is 119 Å². The number of Topliss-reactive ketones (excluding diaryl/α,β-unsaturated/α-hetero) is 1. The molecule has 0 aliphatic rings. The molecule has 1 heterocycles. The number of aromatic nitrogens is 1. The zero-order valence-electron chi connectivity index (χ0n) is 10.5. The lowest BCUT2D eigenvalue weighted by molar-refractivity contribution is -0.117. The highest BCUT2D eigenvalue weighted by molar-refractivity contribution is 7.90. The third-order valence-corrected chi connectivity index (χ3v) is 3.97. The number of hydrogen-bond acceptors (Lipinski definition) is 7. The Balaban J connectivity index is 2.56. The fraction of sp³-hybridized carbons (Fsp3) is 0.500. The summed E-state index contributed by atoms with van der Waals surface area (Å²) in [5.41, 5.74) is 5.84. The van der Waals surface area contributed by atoms with Crippen molar-refractivity contribution in [1.29, 1.82) is 0 Å². The van der Waals surface area contributed by atoms with Gasteiger partial charge in [-0.25, -0.2) is 13.4 Å². The van der Waals surface area contributed by atoms with E-state index in [4.69, 9.17) is 5.73 Å². The fourth-order valence-electron chi connectivity index (χ4n) is 1.16. The molecule has 0 aliphatic carbocycles. The highest BCUT2D eigenvalue weighted by Gasteiger charge is 2.17. The zero-order valence-corrected chi connectivity index (χ0v) is 12.2. The van der Waals surface area contributed by atoms with Gasteiger partial charge in [-0.15, -0.1) is 11.3 Å². The quantitative estimate of drug-likeness (QED) is 0.716. The molecule has 19 heavy (non-hydrogen) atoms. The van der Waals surface area contributed by atoms with Crippen molar-refractivity contribution in [2.75, 3.05) is 17.3 Å². The Hall–Kier alpha value is -1.32. The number of carbonyl (C=O) groups excluding carboxylic acids is 2. The Morgan fingerprint density at radius 2 is 2.16 bits per heavy atom. The predicted octanol–water partition coefficient (Wildman–Crippen LogP) is 0.0462. The van der Waals surface area contributed by atoms with Crippen LogP contribution in [0.2, 0.25) is 0 Å². The number of sulfone groups is 1. The number of nitrogens with two attached hydrogens (primary N) is 1. The van der Waals surface area contributed by atoms with Crippen molar-refractivity contribution in [1.82, 2.24) is 4.98 Å². The summed E-state index contributed by atoms with van der Waals surface area (Å²) in [6, 6.07) is -0.931. The van der Waals surface area contributed by atoms with Crippen LogP contribution in [0, 0.1) is 0 Å². The molecule has 3 N–H and O–H groups in total. The Labute approximate surface area is 115 Å². The van der Waals surface area contributed by atoms with Crippen LogP contribution in [0.5, 0.6) is 0 Å². The molecule has 0 aliphatic heterocycles. The normalized spacial score (nSPS) is 13.0. The first-order valence-corrected chi connectivity index (χ1v) is 8.33. The largest absolute Gasteiger partial charge is 0.320 e. The molecule has 9 heteroatoms. The lowest BCUT2D eigenvalue weighted by Crippen LogP contribution is -2.37. The van der Waals surface area contributed by atoms with Gasteiger partial charge in [0, 0.05) is 18.6 Å². The van der Waals surface area contributed by atoms with Crippen LogP contribution in [-0.2, 0) is 14.6 Å². The van der Waals surface area contributed by atoms with Gasteiger partial charge in [0.15, 0.2) is 10.9 Å². The molecular weight excluding hydrogens is 290 g/mol. The van der Waals surface area contributed by atoms with E-state index in [-0.39, 0.29) is 28.8 Å². The van der Waals surface area contributed by atoms with Crippen LogP contribution in [0.1, 0.15) is 23.8 Å². The van der Waals surface area contributed by atoms with Crippen LogP contribution in [0.25, 0.3) is 0 Å². The highest BCUT2D eigenvalue weighted by atomic mass is 32.2. The monoisotopic (exact) mass is 305 g/mol. The molecule has 0 aromatic carbocycles. The molecule has 1 unspecified atom stereocenters. The van der Waals surface area contributed by atoms with Crippen molar-refractivity contribution in [2.45, 2.75) is 19.4 Å². The maximum atomic E-state index is 11.7. The van der Waals surface area contributed by atoms with Gasteiger partial charge in [0.25, 0.3) is 0 Å². The van der Waals surface area contributed by atoms with Gasteiger partial charge in [-0.3, -0.25) is 9.59 Å². The molecule has 0 bridgehead atoms. The van der Waals surface area contributed by atoms with Gasteiger partial charge in [0.1, 0.15) is 15.5 Å². The van der Waals surface area contributed by atoms with Crippen LogP contribution in [0.4, 0.5) is 5.13 Å². The summed E-state index contributed by atoms with van der Waals surface area (Å²) in [7, 11) is -3.15. The first-order valence-electron chi connectivity index (χ1n) is 5.39. The van der Waals surface area contributed by atoms with Crippen molar-refractivity contribution in [3.8, 4) is 0 Å². The maximum absolute atomic E-state index is 11.7. The van der Waals surface area contributed by atoms with E-state index in [0.717, 1.165) is 17.6 Å². The summed E-state index contributed by atoms with van der Waals surface area (Å²) in [5, 5.41) is 4.25. The molecule has 1 aromatic rings. The molecule has 106 valence electrons. The van der Waals surface area contributed by atoms with Crippen LogP contribution in [0.3, 0.4) is 0 Å². The van der Waals surface area contributed by atoms with Gasteiger partial charge in [-0.1, -0.05) is 0 Å². The van der Waals surface area contributed by atoms with Crippen molar-refractivity contribution in [3.63, 3.8) is 0 Å². The van der Waals surface area contributed by atoms with E-state index in [1.165, 1.54) is 12.3 Å².